The first-order chi connectivity index (χ1) is 9.97. The van der Waals surface area contributed by atoms with Crippen molar-refractivity contribution in [2.45, 2.75) is 18.6 Å². The van der Waals surface area contributed by atoms with Gasteiger partial charge in [-0.05, 0) is 38.1 Å². The lowest BCUT2D eigenvalue weighted by Crippen LogP contribution is -2.52. The number of carbonyl (C=O) groups is 1. The van der Waals surface area contributed by atoms with Gasteiger partial charge in [-0.25, -0.2) is 0 Å². The summed E-state index contributed by atoms with van der Waals surface area (Å²) in [6, 6.07) is 9.38. The van der Waals surface area contributed by atoms with Crippen LogP contribution >= 0.6 is 0 Å². The fourth-order valence-electron chi connectivity index (χ4n) is 2.64. The highest BCUT2D eigenvalue weighted by molar-refractivity contribution is 7.86. The highest BCUT2D eigenvalue weighted by Gasteiger charge is 2.35. The van der Waals surface area contributed by atoms with Gasteiger partial charge in [0.25, 0.3) is 5.91 Å². The van der Waals surface area contributed by atoms with Gasteiger partial charge in [-0.1, -0.05) is 6.07 Å². The molecule has 0 aliphatic carbocycles. The normalized spacial score (nSPS) is 21.4. The predicted octanol–water partition coefficient (Wildman–Crippen LogP) is 2.22. The number of amides is 1. The Bertz CT molecular complexity index is 727. The molecular formula is C16H18N2O2S. The van der Waals surface area contributed by atoms with Crippen molar-refractivity contribution in [3.05, 3.63) is 42.1 Å². The van der Waals surface area contributed by atoms with Crippen molar-refractivity contribution in [3.63, 3.8) is 0 Å². The van der Waals surface area contributed by atoms with Crippen LogP contribution in [0.3, 0.4) is 0 Å². The van der Waals surface area contributed by atoms with Gasteiger partial charge in [0, 0.05) is 46.8 Å². The van der Waals surface area contributed by atoms with E-state index in [9.17, 15) is 9.00 Å². The number of pyridine rings is 1. The first-order valence-electron chi connectivity index (χ1n) is 7.00. The maximum atomic E-state index is 12.6. The maximum absolute atomic E-state index is 12.6. The molecule has 3 rings (SSSR count). The van der Waals surface area contributed by atoms with Crippen LogP contribution in [0, 0.1) is 0 Å². The molecule has 1 aromatic carbocycles. The van der Waals surface area contributed by atoms with E-state index in [2.05, 4.69) is 4.98 Å². The summed E-state index contributed by atoms with van der Waals surface area (Å²) >= 11 is 0. The topological polar surface area (TPSA) is 50.3 Å². The van der Waals surface area contributed by atoms with Crippen LogP contribution in [0.2, 0.25) is 0 Å². The van der Waals surface area contributed by atoms with Crippen LogP contribution in [0.25, 0.3) is 10.9 Å². The van der Waals surface area contributed by atoms with Crippen molar-refractivity contribution in [2.24, 2.45) is 0 Å². The molecule has 0 bridgehead atoms. The molecule has 0 N–H and O–H groups in total. The number of nitrogens with zero attached hydrogens (tertiary/aromatic N) is 2. The number of aromatic nitrogens is 1. The molecule has 0 radical (unpaired) electrons. The average Bonchev–Trinajstić information content (AvgIpc) is 2.48. The van der Waals surface area contributed by atoms with Crippen molar-refractivity contribution in [2.75, 3.05) is 18.8 Å². The summed E-state index contributed by atoms with van der Waals surface area (Å²) in [6.07, 6.45) is 1.74. The van der Waals surface area contributed by atoms with Gasteiger partial charge in [0.05, 0.1) is 10.3 Å². The summed E-state index contributed by atoms with van der Waals surface area (Å²) in [5.41, 5.74) is 1.55. The minimum absolute atomic E-state index is 0.00512. The minimum atomic E-state index is -0.870. The first-order valence-corrected chi connectivity index (χ1v) is 8.32. The van der Waals surface area contributed by atoms with Crippen LogP contribution < -0.4 is 0 Å². The summed E-state index contributed by atoms with van der Waals surface area (Å²) in [6.45, 7) is 4.99. The number of hydrogen-bond acceptors (Lipinski definition) is 3. The molecule has 2 heterocycles. The van der Waals surface area contributed by atoms with Crippen LogP contribution in [0.15, 0.2) is 36.5 Å². The lowest BCUT2D eigenvalue weighted by atomic mass is 10.1. The SMILES string of the molecule is CC1(C)CN(C(=O)c2ccc3ncccc3c2)CC[S@]1=O. The number of hydrogen-bond donors (Lipinski definition) is 0. The van der Waals surface area contributed by atoms with Gasteiger partial charge >= 0.3 is 0 Å². The van der Waals surface area contributed by atoms with Gasteiger partial charge in [0.15, 0.2) is 0 Å². The Kier molecular flexibility index (Phi) is 3.53. The Morgan fingerprint density at radius 3 is 2.90 bits per heavy atom. The zero-order valence-corrected chi connectivity index (χ0v) is 13.0. The zero-order valence-electron chi connectivity index (χ0n) is 12.2. The van der Waals surface area contributed by atoms with Gasteiger partial charge in [0.2, 0.25) is 0 Å². The molecule has 1 aliphatic rings. The van der Waals surface area contributed by atoms with Gasteiger partial charge in [-0.2, -0.15) is 0 Å². The van der Waals surface area contributed by atoms with Crippen LogP contribution in [0.1, 0.15) is 24.2 Å². The third-order valence-corrected chi connectivity index (χ3v) is 5.79. The van der Waals surface area contributed by atoms with Crippen LogP contribution in [-0.2, 0) is 10.8 Å². The summed E-state index contributed by atoms with van der Waals surface area (Å²) < 4.78 is 11.6. The number of fused-ring (bicyclic) bond motifs is 1. The molecule has 5 heteroatoms. The minimum Gasteiger partial charge on any atom is -0.336 e. The fraction of sp³-hybridized carbons (Fsp3) is 0.375. The van der Waals surface area contributed by atoms with E-state index < -0.39 is 10.8 Å². The summed E-state index contributed by atoms with van der Waals surface area (Å²) in [4.78, 5) is 18.7. The quantitative estimate of drug-likeness (QED) is 0.811. The van der Waals surface area contributed by atoms with Gasteiger partial charge < -0.3 is 4.90 Å². The monoisotopic (exact) mass is 302 g/mol. The van der Waals surface area contributed by atoms with E-state index in [1.54, 1.807) is 11.1 Å². The maximum Gasteiger partial charge on any atom is 0.253 e. The molecule has 1 aromatic heterocycles. The zero-order chi connectivity index (χ0) is 15.0. The van der Waals surface area contributed by atoms with E-state index in [0.29, 0.717) is 24.4 Å². The van der Waals surface area contributed by atoms with Crippen molar-refractivity contribution in [3.8, 4) is 0 Å². The first kappa shape index (κ1) is 14.2. The molecule has 1 fully saturated rings. The van der Waals surface area contributed by atoms with Gasteiger partial charge in [-0.3, -0.25) is 14.0 Å². The molecular weight excluding hydrogens is 284 g/mol. The van der Waals surface area contributed by atoms with Crippen molar-refractivity contribution in [1.29, 1.82) is 0 Å². The second kappa shape index (κ2) is 5.22. The molecule has 1 amide bonds. The Morgan fingerprint density at radius 2 is 2.14 bits per heavy atom. The van der Waals surface area contributed by atoms with E-state index in [0.717, 1.165) is 10.9 Å². The average molecular weight is 302 g/mol. The fourth-order valence-corrected chi connectivity index (χ4v) is 3.88. The molecule has 21 heavy (non-hydrogen) atoms. The molecule has 2 aromatic rings. The van der Waals surface area contributed by atoms with E-state index in [1.165, 1.54) is 0 Å². The molecule has 0 spiro atoms. The lowest BCUT2D eigenvalue weighted by Gasteiger charge is -2.37. The molecule has 110 valence electrons. The standard InChI is InChI=1S/C16H18N2O2S/c1-16(2)11-18(8-9-21(16)20)15(19)13-5-6-14-12(10-13)4-3-7-17-14/h3-7,10H,8-9,11H2,1-2H3/t21-/m1/s1. The van der Waals surface area contributed by atoms with Gasteiger partial charge in [-0.15, -0.1) is 0 Å². The Labute approximate surface area is 126 Å². The van der Waals surface area contributed by atoms with E-state index >= 15 is 0 Å². The Hall–Kier alpha value is -1.75. The number of benzene rings is 1. The predicted molar refractivity (Wildman–Crippen MR) is 84.7 cm³/mol. The van der Waals surface area contributed by atoms with Crippen molar-refractivity contribution < 1.29 is 9.00 Å². The highest BCUT2D eigenvalue weighted by Crippen LogP contribution is 2.22. The second-order valence-electron chi connectivity index (χ2n) is 5.95. The molecule has 4 nitrogen and oxygen atoms in total. The molecule has 0 unspecified atom stereocenters. The molecule has 0 saturated carbocycles. The summed E-state index contributed by atoms with van der Waals surface area (Å²) in [7, 11) is -0.870. The van der Waals surface area contributed by atoms with E-state index in [1.807, 2.05) is 44.2 Å². The van der Waals surface area contributed by atoms with E-state index in [-0.39, 0.29) is 10.7 Å². The van der Waals surface area contributed by atoms with Gasteiger partial charge in [0.1, 0.15) is 0 Å². The van der Waals surface area contributed by atoms with Crippen molar-refractivity contribution in [1.82, 2.24) is 9.88 Å². The molecule has 1 aliphatic heterocycles. The van der Waals surface area contributed by atoms with Crippen LogP contribution in [0.4, 0.5) is 0 Å². The molecule has 1 saturated heterocycles. The van der Waals surface area contributed by atoms with Crippen LogP contribution in [0.5, 0.6) is 0 Å². The summed E-state index contributed by atoms with van der Waals surface area (Å²) in [5.74, 6) is 0.555. The number of rotatable bonds is 1. The van der Waals surface area contributed by atoms with Crippen molar-refractivity contribution >= 4 is 27.6 Å². The lowest BCUT2D eigenvalue weighted by molar-refractivity contribution is 0.0746. The highest BCUT2D eigenvalue weighted by atomic mass is 32.2. The van der Waals surface area contributed by atoms with Crippen LogP contribution in [-0.4, -0.2) is 43.6 Å². The molecule has 1 atom stereocenters. The third kappa shape index (κ3) is 2.70. The summed E-state index contributed by atoms with van der Waals surface area (Å²) in [5, 5.41) is 0.961. The van der Waals surface area contributed by atoms with E-state index in [4.69, 9.17) is 0 Å². The second-order valence-corrected chi connectivity index (χ2v) is 8.15. The largest absolute Gasteiger partial charge is 0.336 e. The Morgan fingerprint density at radius 1 is 1.33 bits per heavy atom. The Balaban J connectivity index is 1.88. The third-order valence-electron chi connectivity index (χ3n) is 3.87. The smallest absolute Gasteiger partial charge is 0.253 e. The number of carbonyl (C=O) groups excluding carboxylic acids is 1.